The van der Waals surface area contributed by atoms with E-state index in [1.807, 2.05) is 0 Å². The molecule has 1 aromatic rings. The number of amides is 2. The first-order valence-electron chi connectivity index (χ1n) is 9.01. The fourth-order valence-electron chi connectivity index (χ4n) is 3.56. The lowest BCUT2D eigenvalue weighted by molar-refractivity contribution is -0.149. The Morgan fingerprint density at radius 3 is 2.56 bits per heavy atom. The molecule has 0 bridgehead atoms. The monoisotopic (exact) mass is 388 g/mol. The first-order chi connectivity index (χ1) is 12.8. The SMILES string of the molecule is COC1CCN(C(=O)c2n[nH]c3c2CCN(C(=O)CCC(F)(F)F)C3)CC1. The van der Waals surface area contributed by atoms with Crippen LogP contribution in [0.4, 0.5) is 13.2 Å². The van der Waals surface area contributed by atoms with E-state index >= 15 is 0 Å². The van der Waals surface area contributed by atoms with E-state index in [0.717, 1.165) is 18.4 Å². The molecule has 0 aliphatic carbocycles. The molecule has 1 aromatic heterocycles. The molecule has 0 saturated carbocycles. The second-order valence-corrected chi connectivity index (χ2v) is 6.94. The highest BCUT2D eigenvalue weighted by atomic mass is 19.4. The molecule has 150 valence electrons. The third kappa shape index (κ3) is 4.60. The quantitative estimate of drug-likeness (QED) is 0.855. The summed E-state index contributed by atoms with van der Waals surface area (Å²) in [7, 11) is 1.66. The highest BCUT2D eigenvalue weighted by Gasteiger charge is 2.33. The van der Waals surface area contributed by atoms with Crippen LogP contribution in [0.15, 0.2) is 0 Å². The Morgan fingerprint density at radius 2 is 1.93 bits per heavy atom. The summed E-state index contributed by atoms with van der Waals surface area (Å²) in [5.41, 5.74) is 1.73. The second-order valence-electron chi connectivity index (χ2n) is 6.94. The van der Waals surface area contributed by atoms with E-state index < -0.39 is 24.9 Å². The maximum absolute atomic E-state index is 12.8. The number of likely N-dealkylation sites (tertiary alicyclic amines) is 1. The van der Waals surface area contributed by atoms with E-state index in [1.165, 1.54) is 4.90 Å². The molecule has 0 radical (unpaired) electrons. The molecule has 0 atom stereocenters. The summed E-state index contributed by atoms with van der Waals surface area (Å²) in [6.45, 7) is 1.63. The van der Waals surface area contributed by atoms with Crippen LogP contribution in [0, 0.1) is 0 Å². The van der Waals surface area contributed by atoms with Crippen LogP contribution in [0.1, 0.15) is 47.4 Å². The number of aromatic nitrogens is 2. The summed E-state index contributed by atoms with van der Waals surface area (Å²) in [6.07, 6.45) is -3.92. The first kappa shape index (κ1) is 19.7. The standard InChI is InChI=1S/C17H23F3N4O3/c1-27-11-3-7-23(8-4-11)16(26)15-12-5-9-24(10-13(12)21-22-15)14(25)2-6-17(18,19)20/h11H,2-10H2,1H3,(H,21,22). The average Bonchev–Trinajstić information content (AvgIpc) is 3.08. The number of H-pyrrole nitrogens is 1. The number of nitrogens with zero attached hydrogens (tertiary/aromatic N) is 3. The highest BCUT2D eigenvalue weighted by Crippen LogP contribution is 2.26. The molecule has 27 heavy (non-hydrogen) atoms. The summed E-state index contributed by atoms with van der Waals surface area (Å²) in [5.74, 6) is -0.694. The lowest BCUT2D eigenvalue weighted by Crippen LogP contribution is -2.41. The number of rotatable bonds is 4. The lowest BCUT2D eigenvalue weighted by atomic mass is 10.0. The van der Waals surface area contributed by atoms with Crippen LogP contribution >= 0.6 is 0 Å². The van der Waals surface area contributed by atoms with Crippen molar-refractivity contribution >= 4 is 11.8 Å². The molecule has 3 heterocycles. The van der Waals surface area contributed by atoms with E-state index in [-0.39, 0.29) is 25.1 Å². The van der Waals surface area contributed by atoms with Crippen molar-refractivity contribution in [1.82, 2.24) is 20.0 Å². The molecule has 1 saturated heterocycles. The average molecular weight is 388 g/mol. The number of hydrogen-bond donors (Lipinski definition) is 1. The molecule has 0 spiro atoms. The summed E-state index contributed by atoms with van der Waals surface area (Å²) >= 11 is 0. The molecular weight excluding hydrogens is 365 g/mol. The number of alkyl halides is 3. The highest BCUT2D eigenvalue weighted by molar-refractivity contribution is 5.94. The first-order valence-corrected chi connectivity index (χ1v) is 9.01. The smallest absolute Gasteiger partial charge is 0.381 e. The number of ether oxygens (including phenoxy) is 1. The third-order valence-corrected chi connectivity index (χ3v) is 5.17. The van der Waals surface area contributed by atoms with Gasteiger partial charge in [-0.1, -0.05) is 0 Å². The van der Waals surface area contributed by atoms with Crippen molar-refractivity contribution in [3.05, 3.63) is 17.0 Å². The van der Waals surface area contributed by atoms with E-state index in [9.17, 15) is 22.8 Å². The zero-order valence-electron chi connectivity index (χ0n) is 15.1. The molecule has 2 aliphatic heterocycles. The Kier molecular flexibility index (Phi) is 5.73. The van der Waals surface area contributed by atoms with Crippen molar-refractivity contribution < 1.29 is 27.5 Å². The molecule has 1 fully saturated rings. The molecule has 7 nitrogen and oxygen atoms in total. The van der Waals surface area contributed by atoms with E-state index in [4.69, 9.17) is 4.74 Å². The molecule has 2 aliphatic rings. The van der Waals surface area contributed by atoms with E-state index in [2.05, 4.69) is 10.2 Å². The van der Waals surface area contributed by atoms with E-state index in [0.29, 0.717) is 30.9 Å². The van der Waals surface area contributed by atoms with Crippen LogP contribution in [-0.2, 0) is 22.5 Å². The van der Waals surface area contributed by atoms with Crippen LogP contribution in [0.3, 0.4) is 0 Å². The molecule has 1 N–H and O–H groups in total. The van der Waals surface area contributed by atoms with Gasteiger partial charge in [0.25, 0.3) is 5.91 Å². The Balaban J connectivity index is 1.61. The van der Waals surface area contributed by atoms with Gasteiger partial charge < -0.3 is 14.5 Å². The minimum absolute atomic E-state index is 0.151. The van der Waals surface area contributed by atoms with Gasteiger partial charge in [-0.3, -0.25) is 14.7 Å². The summed E-state index contributed by atoms with van der Waals surface area (Å²) in [4.78, 5) is 27.9. The number of carbonyl (C=O) groups is 2. The van der Waals surface area contributed by atoms with Crippen LogP contribution in [0.2, 0.25) is 0 Å². The summed E-state index contributed by atoms with van der Waals surface area (Å²) in [5, 5.41) is 6.91. The number of hydrogen-bond acceptors (Lipinski definition) is 4. The van der Waals surface area contributed by atoms with Gasteiger partial charge in [0.05, 0.1) is 24.8 Å². The predicted molar refractivity (Wildman–Crippen MR) is 88.9 cm³/mol. The van der Waals surface area contributed by atoms with Gasteiger partial charge >= 0.3 is 6.18 Å². The van der Waals surface area contributed by atoms with Gasteiger partial charge in [-0.2, -0.15) is 18.3 Å². The van der Waals surface area contributed by atoms with Crippen LogP contribution in [-0.4, -0.2) is 70.8 Å². The van der Waals surface area contributed by atoms with Crippen molar-refractivity contribution in [1.29, 1.82) is 0 Å². The van der Waals surface area contributed by atoms with Gasteiger partial charge in [0, 0.05) is 38.7 Å². The maximum atomic E-state index is 12.8. The number of fused-ring (bicyclic) bond motifs is 1. The Labute approximate surface area is 154 Å². The van der Waals surface area contributed by atoms with Crippen molar-refractivity contribution in [3.8, 4) is 0 Å². The third-order valence-electron chi connectivity index (χ3n) is 5.17. The van der Waals surface area contributed by atoms with Crippen LogP contribution in [0.25, 0.3) is 0 Å². The van der Waals surface area contributed by atoms with E-state index in [1.54, 1.807) is 12.0 Å². The second kappa shape index (κ2) is 7.87. The Bertz CT molecular complexity index is 696. The Hall–Kier alpha value is -2.10. The van der Waals surface area contributed by atoms with Gasteiger partial charge in [-0.25, -0.2) is 0 Å². The fourth-order valence-corrected chi connectivity index (χ4v) is 3.56. The largest absolute Gasteiger partial charge is 0.389 e. The summed E-state index contributed by atoms with van der Waals surface area (Å²) in [6, 6.07) is 0. The molecular formula is C17H23F3N4O3. The van der Waals surface area contributed by atoms with Gasteiger partial charge in [0.1, 0.15) is 0 Å². The van der Waals surface area contributed by atoms with Crippen molar-refractivity contribution in [3.63, 3.8) is 0 Å². The molecule has 0 unspecified atom stereocenters. The number of halogens is 3. The fraction of sp³-hybridized carbons (Fsp3) is 0.706. The molecule has 0 aromatic carbocycles. The molecule has 2 amide bonds. The zero-order chi connectivity index (χ0) is 19.6. The predicted octanol–water partition coefficient (Wildman–Crippen LogP) is 1.89. The Morgan fingerprint density at radius 1 is 1.22 bits per heavy atom. The van der Waals surface area contributed by atoms with Gasteiger partial charge in [-0.15, -0.1) is 0 Å². The minimum Gasteiger partial charge on any atom is -0.381 e. The lowest BCUT2D eigenvalue weighted by Gasteiger charge is -2.31. The van der Waals surface area contributed by atoms with Crippen molar-refractivity contribution in [2.75, 3.05) is 26.7 Å². The molecule has 10 heteroatoms. The maximum Gasteiger partial charge on any atom is 0.389 e. The van der Waals surface area contributed by atoms with Crippen LogP contribution in [0.5, 0.6) is 0 Å². The number of piperidine rings is 1. The number of aromatic amines is 1. The number of methoxy groups -OCH3 is 1. The zero-order valence-corrected chi connectivity index (χ0v) is 15.1. The van der Waals surface area contributed by atoms with Crippen molar-refractivity contribution in [2.45, 2.75) is 50.9 Å². The van der Waals surface area contributed by atoms with Gasteiger partial charge in [-0.05, 0) is 19.3 Å². The number of carbonyl (C=O) groups excluding carboxylic acids is 2. The van der Waals surface area contributed by atoms with Crippen molar-refractivity contribution in [2.24, 2.45) is 0 Å². The van der Waals surface area contributed by atoms with Gasteiger partial charge in [0.15, 0.2) is 5.69 Å². The van der Waals surface area contributed by atoms with Gasteiger partial charge in [0.2, 0.25) is 5.91 Å². The van der Waals surface area contributed by atoms with Crippen LogP contribution < -0.4 is 0 Å². The topological polar surface area (TPSA) is 78.5 Å². The normalized spacial score (nSPS) is 18.5. The molecule has 3 rings (SSSR count). The number of nitrogens with one attached hydrogen (secondary N) is 1. The minimum atomic E-state index is -4.35. The summed E-state index contributed by atoms with van der Waals surface area (Å²) < 4.78 is 42.2.